The van der Waals surface area contributed by atoms with Crippen LogP contribution in [0.2, 0.25) is 0 Å². The predicted molar refractivity (Wildman–Crippen MR) is 127 cm³/mol. The number of nitrogens with zero attached hydrogens (tertiary/aromatic N) is 1. The molecule has 1 N–H and O–H groups in total. The SMILES string of the molecule is COCCCN1C(=O)C(=O)/C(=C(/O)c2ccc(OC(C)C)cc2)[C@H]1c1ccc(OC)cc1OC. The zero-order valence-corrected chi connectivity index (χ0v) is 20.2. The quantitative estimate of drug-likeness (QED) is 0.244. The molecule has 8 nitrogen and oxygen atoms in total. The van der Waals surface area contributed by atoms with Crippen LogP contribution >= 0.6 is 0 Å². The van der Waals surface area contributed by atoms with E-state index in [4.69, 9.17) is 18.9 Å². The number of benzene rings is 2. The molecule has 8 heteroatoms. The standard InChI is InChI=1S/C26H31NO7/c1-16(2)34-18-9-7-17(8-10-18)24(28)22-23(20-12-11-19(32-4)15-21(20)33-5)27(13-6-14-31-3)26(30)25(22)29/h7-12,15-16,23,28H,6,13-14H2,1-5H3/b24-22+/t23-/m1/s1. The first-order valence-electron chi connectivity index (χ1n) is 11.1. The van der Waals surface area contributed by atoms with Crippen LogP contribution in [-0.4, -0.2) is 62.3 Å². The molecule has 1 amide bonds. The van der Waals surface area contributed by atoms with Crippen LogP contribution in [0.4, 0.5) is 0 Å². The molecule has 0 aromatic heterocycles. The maximum atomic E-state index is 13.2. The Kier molecular flexibility index (Phi) is 8.17. The fraction of sp³-hybridized carbons (Fsp3) is 0.385. The summed E-state index contributed by atoms with van der Waals surface area (Å²) in [6.45, 7) is 4.53. The molecule has 1 atom stereocenters. The highest BCUT2D eigenvalue weighted by molar-refractivity contribution is 6.46. The molecule has 0 bridgehead atoms. The summed E-state index contributed by atoms with van der Waals surface area (Å²) in [5.74, 6) is -0.0423. The fourth-order valence-corrected chi connectivity index (χ4v) is 3.98. The molecule has 3 rings (SSSR count). The minimum atomic E-state index is -0.829. The van der Waals surface area contributed by atoms with Crippen LogP contribution in [-0.2, 0) is 14.3 Å². The Morgan fingerprint density at radius 3 is 2.26 bits per heavy atom. The smallest absolute Gasteiger partial charge is 0.295 e. The van der Waals surface area contributed by atoms with E-state index >= 15 is 0 Å². The summed E-state index contributed by atoms with van der Waals surface area (Å²) in [7, 11) is 4.62. The van der Waals surface area contributed by atoms with Crippen LogP contribution in [0.25, 0.3) is 5.76 Å². The van der Waals surface area contributed by atoms with Crippen LogP contribution in [0.15, 0.2) is 48.0 Å². The lowest BCUT2D eigenvalue weighted by molar-refractivity contribution is -0.140. The Balaban J connectivity index is 2.13. The molecular weight excluding hydrogens is 438 g/mol. The minimum Gasteiger partial charge on any atom is -0.507 e. The number of aliphatic hydroxyl groups excluding tert-OH is 1. The first kappa shape index (κ1) is 25.1. The second-order valence-electron chi connectivity index (χ2n) is 8.14. The normalized spacial score (nSPS) is 17.4. The first-order chi connectivity index (χ1) is 16.3. The van der Waals surface area contributed by atoms with E-state index in [1.165, 1.54) is 19.1 Å². The summed E-state index contributed by atoms with van der Waals surface area (Å²) in [6.07, 6.45) is 0.527. The van der Waals surface area contributed by atoms with E-state index in [1.54, 1.807) is 49.6 Å². The number of carbonyl (C=O) groups is 2. The van der Waals surface area contributed by atoms with E-state index in [1.807, 2.05) is 13.8 Å². The maximum Gasteiger partial charge on any atom is 0.295 e. The van der Waals surface area contributed by atoms with Gasteiger partial charge in [-0.15, -0.1) is 0 Å². The van der Waals surface area contributed by atoms with Gasteiger partial charge in [-0.05, 0) is 56.7 Å². The lowest BCUT2D eigenvalue weighted by atomic mass is 9.94. The third-order valence-electron chi connectivity index (χ3n) is 5.52. The van der Waals surface area contributed by atoms with E-state index in [0.717, 1.165) is 0 Å². The highest BCUT2D eigenvalue weighted by Gasteiger charge is 2.46. The summed E-state index contributed by atoms with van der Waals surface area (Å²) in [4.78, 5) is 27.6. The summed E-state index contributed by atoms with van der Waals surface area (Å²) >= 11 is 0. The van der Waals surface area contributed by atoms with Gasteiger partial charge in [0.05, 0.1) is 31.9 Å². The van der Waals surface area contributed by atoms with E-state index < -0.39 is 17.7 Å². The second kappa shape index (κ2) is 11.1. The zero-order valence-electron chi connectivity index (χ0n) is 20.2. The number of carbonyl (C=O) groups excluding carboxylic acids is 2. The van der Waals surface area contributed by atoms with Gasteiger partial charge in [-0.3, -0.25) is 9.59 Å². The van der Waals surface area contributed by atoms with Crippen LogP contribution in [0.5, 0.6) is 17.2 Å². The monoisotopic (exact) mass is 469 g/mol. The number of aliphatic hydroxyl groups is 1. The fourth-order valence-electron chi connectivity index (χ4n) is 3.98. The summed E-state index contributed by atoms with van der Waals surface area (Å²) in [6, 6.07) is 11.1. The predicted octanol–water partition coefficient (Wildman–Crippen LogP) is 3.95. The summed E-state index contributed by atoms with van der Waals surface area (Å²) in [5, 5.41) is 11.2. The Morgan fingerprint density at radius 1 is 1.00 bits per heavy atom. The average molecular weight is 470 g/mol. The van der Waals surface area contributed by atoms with Crippen molar-refractivity contribution < 1.29 is 33.6 Å². The topological polar surface area (TPSA) is 94.5 Å². The number of ketones is 1. The number of methoxy groups -OCH3 is 3. The molecule has 182 valence electrons. The Hall–Kier alpha value is -3.52. The van der Waals surface area contributed by atoms with Gasteiger partial charge < -0.3 is 29.0 Å². The highest BCUT2D eigenvalue weighted by atomic mass is 16.5. The molecule has 1 aliphatic heterocycles. The van der Waals surface area contributed by atoms with Crippen molar-refractivity contribution in [1.82, 2.24) is 4.90 Å². The minimum absolute atomic E-state index is 0.000547. The second-order valence-corrected chi connectivity index (χ2v) is 8.14. The van der Waals surface area contributed by atoms with Crippen molar-refractivity contribution in [2.75, 3.05) is 34.5 Å². The van der Waals surface area contributed by atoms with Crippen LogP contribution in [0.3, 0.4) is 0 Å². The Bertz CT molecular complexity index is 1060. The number of Topliss-reactive ketones (excluding diaryl/α,β-unsaturated/α-hetero) is 1. The van der Waals surface area contributed by atoms with Crippen LogP contribution < -0.4 is 14.2 Å². The van der Waals surface area contributed by atoms with E-state index in [9.17, 15) is 14.7 Å². The molecule has 0 unspecified atom stereocenters. The van der Waals surface area contributed by atoms with E-state index in [-0.39, 0.29) is 24.0 Å². The van der Waals surface area contributed by atoms with Crippen molar-refractivity contribution in [3.05, 3.63) is 59.2 Å². The molecule has 1 heterocycles. The van der Waals surface area contributed by atoms with E-state index in [2.05, 4.69) is 0 Å². The first-order valence-corrected chi connectivity index (χ1v) is 11.1. The molecular formula is C26H31NO7. The Labute approximate surface area is 199 Å². The van der Waals surface area contributed by atoms with Crippen molar-refractivity contribution in [3.8, 4) is 17.2 Å². The molecule has 1 saturated heterocycles. The third kappa shape index (κ3) is 5.17. The summed E-state index contributed by atoms with van der Waals surface area (Å²) < 4.78 is 21.6. The van der Waals surface area contributed by atoms with Gasteiger partial charge in [-0.2, -0.15) is 0 Å². The van der Waals surface area contributed by atoms with Gasteiger partial charge in [0.2, 0.25) is 0 Å². The van der Waals surface area contributed by atoms with E-state index in [0.29, 0.717) is 41.4 Å². The molecule has 0 radical (unpaired) electrons. The van der Waals surface area contributed by atoms with Crippen molar-refractivity contribution >= 4 is 17.4 Å². The lowest BCUT2D eigenvalue weighted by Crippen LogP contribution is -2.31. The van der Waals surface area contributed by atoms with Crippen molar-refractivity contribution in [1.29, 1.82) is 0 Å². The number of amides is 1. The Morgan fingerprint density at radius 2 is 1.68 bits per heavy atom. The van der Waals surface area contributed by atoms with Gasteiger partial charge in [0.25, 0.3) is 11.7 Å². The molecule has 34 heavy (non-hydrogen) atoms. The van der Waals surface area contributed by atoms with Gasteiger partial charge in [0.1, 0.15) is 23.0 Å². The average Bonchev–Trinajstić information content (AvgIpc) is 3.08. The summed E-state index contributed by atoms with van der Waals surface area (Å²) in [5.41, 5.74) is 0.980. The highest BCUT2D eigenvalue weighted by Crippen LogP contribution is 2.43. The van der Waals surface area contributed by atoms with Crippen molar-refractivity contribution in [2.45, 2.75) is 32.4 Å². The maximum absolute atomic E-state index is 13.2. The molecule has 2 aromatic rings. The molecule has 0 aliphatic carbocycles. The van der Waals surface area contributed by atoms with Crippen molar-refractivity contribution in [2.24, 2.45) is 0 Å². The number of ether oxygens (including phenoxy) is 4. The van der Waals surface area contributed by atoms with Crippen LogP contribution in [0, 0.1) is 0 Å². The number of hydrogen-bond donors (Lipinski definition) is 1. The van der Waals surface area contributed by atoms with Crippen LogP contribution in [0.1, 0.15) is 37.4 Å². The third-order valence-corrected chi connectivity index (χ3v) is 5.52. The molecule has 1 aliphatic rings. The molecule has 1 fully saturated rings. The zero-order chi connectivity index (χ0) is 24.8. The van der Waals surface area contributed by atoms with Gasteiger partial charge >= 0.3 is 0 Å². The molecule has 2 aromatic carbocycles. The van der Waals surface area contributed by atoms with Gasteiger partial charge in [0, 0.05) is 37.5 Å². The largest absolute Gasteiger partial charge is 0.507 e. The van der Waals surface area contributed by atoms with Gasteiger partial charge in [-0.25, -0.2) is 0 Å². The van der Waals surface area contributed by atoms with Crippen molar-refractivity contribution in [3.63, 3.8) is 0 Å². The molecule has 0 saturated carbocycles. The lowest BCUT2D eigenvalue weighted by Gasteiger charge is -2.26. The number of likely N-dealkylation sites (tertiary alicyclic amines) is 1. The number of rotatable bonds is 10. The van der Waals surface area contributed by atoms with Gasteiger partial charge in [-0.1, -0.05) is 0 Å². The molecule has 0 spiro atoms. The van der Waals surface area contributed by atoms with Gasteiger partial charge in [0.15, 0.2) is 0 Å². The number of hydrogen-bond acceptors (Lipinski definition) is 7.